The summed E-state index contributed by atoms with van der Waals surface area (Å²) in [6.45, 7) is 0.500. The van der Waals surface area contributed by atoms with Crippen molar-refractivity contribution in [2.45, 2.75) is 34.8 Å². The average Bonchev–Trinajstić information content (AvgIpc) is 2.74. The molecule has 1 heterocycles. The second-order valence-corrected chi connectivity index (χ2v) is 11.1. The molecule has 0 saturated heterocycles. The van der Waals surface area contributed by atoms with E-state index in [1.165, 1.54) is 12.5 Å². The first kappa shape index (κ1) is 23.2. The zero-order valence-electron chi connectivity index (χ0n) is 17.1. The summed E-state index contributed by atoms with van der Waals surface area (Å²) in [5.74, 6) is 1.68. The maximum absolute atomic E-state index is 13.0. The summed E-state index contributed by atoms with van der Waals surface area (Å²) >= 11 is 13.8. The summed E-state index contributed by atoms with van der Waals surface area (Å²) in [6, 6.07) is 15.7. The van der Waals surface area contributed by atoms with E-state index >= 15 is 0 Å². The summed E-state index contributed by atoms with van der Waals surface area (Å²) in [7, 11) is -3.92. The molecule has 9 heteroatoms. The predicted molar refractivity (Wildman–Crippen MR) is 130 cm³/mol. The van der Waals surface area contributed by atoms with Crippen molar-refractivity contribution in [1.82, 2.24) is 4.98 Å². The van der Waals surface area contributed by atoms with Crippen LogP contribution >= 0.6 is 35.0 Å². The van der Waals surface area contributed by atoms with E-state index in [-0.39, 0.29) is 10.7 Å². The van der Waals surface area contributed by atoms with Gasteiger partial charge in [-0.3, -0.25) is 4.72 Å². The van der Waals surface area contributed by atoms with E-state index in [0.717, 1.165) is 23.3 Å². The summed E-state index contributed by atoms with van der Waals surface area (Å²) in [4.78, 5) is 5.16. The van der Waals surface area contributed by atoms with Crippen LogP contribution in [0.4, 0.5) is 5.82 Å². The fourth-order valence-corrected chi connectivity index (χ4v) is 5.74. The van der Waals surface area contributed by atoms with Crippen molar-refractivity contribution in [3.8, 4) is 5.75 Å². The Morgan fingerprint density at radius 2 is 1.91 bits per heavy atom. The van der Waals surface area contributed by atoms with Crippen LogP contribution in [0.15, 0.2) is 70.6 Å². The topological polar surface area (TPSA) is 68.3 Å². The van der Waals surface area contributed by atoms with Crippen LogP contribution in [-0.2, 0) is 15.8 Å². The van der Waals surface area contributed by atoms with Crippen LogP contribution in [0.3, 0.4) is 0 Å². The highest BCUT2D eigenvalue weighted by molar-refractivity contribution is 7.98. The molecule has 0 bridgehead atoms. The number of rotatable bonds is 9. The van der Waals surface area contributed by atoms with Gasteiger partial charge in [0.15, 0.2) is 0 Å². The van der Waals surface area contributed by atoms with Gasteiger partial charge >= 0.3 is 0 Å². The Morgan fingerprint density at radius 3 is 2.59 bits per heavy atom. The van der Waals surface area contributed by atoms with E-state index in [2.05, 4.69) is 9.71 Å². The lowest BCUT2D eigenvalue weighted by atomic mass is 9.86. The molecule has 0 aliphatic heterocycles. The van der Waals surface area contributed by atoms with Crippen molar-refractivity contribution < 1.29 is 13.2 Å². The Morgan fingerprint density at radius 1 is 1.09 bits per heavy atom. The standard InChI is InChI=1S/C23H22Cl2N2O3S2/c24-18-8-10-21(30-14-16-4-3-5-16)22(12-18)32(28,29)27-23-11-9-19(13-26-23)31-15-17-6-1-2-7-20(17)25/h1-2,6-13,16H,3-5,14-15H2,(H,26,27). The lowest BCUT2D eigenvalue weighted by molar-refractivity contribution is 0.177. The van der Waals surface area contributed by atoms with Gasteiger partial charge < -0.3 is 4.74 Å². The Kier molecular flexibility index (Phi) is 7.51. The minimum atomic E-state index is -3.92. The van der Waals surface area contributed by atoms with Crippen LogP contribution in [0.1, 0.15) is 24.8 Å². The Hall–Kier alpha value is -1.93. The molecule has 0 unspecified atom stereocenters. The number of nitrogens with one attached hydrogen (secondary N) is 1. The van der Waals surface area contributed by atoms with Gasteiger partial charge in [-0.15, -0.1) is 11.8 Å². The average molecular weight is 509 g/mol. The normalized spacial score (nSPS) is 14.1. The van der Waals surface area contributed by atoms with Crippen molar-refractivity contribution in [3.05, 3.63) is 76.4 Å². The molecule has 1 fully saturated rings. The van der Waals surface area contributed by atoms with Crippen molar-refractivity contribution in [3.63, 3.8) is 0 Å². The molecule has 3 aromatic rings. The van der Waals surface area contributed by atoms with Crippen LogP contribution in [-0.4, -0.2) is 20.0 Å². The summed E-state index contributed by atoms with van der Waals surface area (Å²) in [5, 5.41) is 1.04. The zero-order valence-corrected chi connectivity index (χ0v) is 20.3. The third kappa shape index (κ3) is 5.90. The number of halogens is 2. The van der Waals surface area contributed by atoms with Gasteiger partial charge in [0.1, 0.15) is 16.5 Å². The molecule has 5 nitrogen and oxygen atoms in total. The van der Waals surface area contributed by atoms with Gasteiger partial charge in [-0.1, -0.05) is 47.8 Å². The second-order valence-electron chi connectivity index (χ2n) is 7.56. The number of ether oxygens (including phenoxy) is 1. The van der Waals surface area contributed by atoms with Gasteiger partial charge in [0.2, 0.25) is 0 Å². The molecule has 1 aromatic heterocycles. The number of pyridine rings is 1. The summed E-state index contributed by atoms with van der Waals surface area (Å²) in [5.41, 5.74) is 1.03. The highest BCUT2D eigenvalue weighted by Crippen LogP contribution is 2.32. The molecule has 0 amide bonds. The molecule has 4 rings (SSSR count). The molecule has 168 valence electrons. The monoisotopic (exact) mass is 508 g/mol. The van der Waals surface area contributed by atoms with Crippen molar-refractivity contribution in [2.24, 2.45) is 5.92 Å². The number of thioether (sulfide) groups is 1. The maximum Gasteiger partial charge on any atom is 0.266 e. The number of aromatic nitrogens is 1. The van der Waals surface area contributed by atoms with Crippen LogP contribution in [0.5, 0.6) is 5.75 Å². The van der Waals surface area contributed by atoms with Gasteiger partial charge in [0.25, 0.3) is 10.0 Å². The first-order chi connectivity index (χ1) is 15.4. The number of sulfonamides is 1. The lowest BCUT2D eigenvalue weighted by Gasteiger charge is -2.25. The Bertz CT molecular complexity index is 1180. The molecule has 32 heavy (non-hydrogen) atoms. The minimum absolute atomic E-state index is 0.00305. The van der Waals surface area contributed by atoms with E-state index in [0.29, 0.717) is 34.1 Å². The van der Waals surface area contributed by atoms with Gasteiger partial charge in [-0.25, -0.2) is 13.4 Å². The van der Waals surface area contributed by atoms with Crippen LogP contribution in [0.2, 0.25) is 10.0 Å². The second kappa shape index (κ2) is 10.3. The van der Waals surface area contributed by atoms with Gasteiger partial charge in [-0.05, 0) is 60.7 Å². The number of hydrogen-bond acceptors (Lipinski definition) is 5. The summed E-state index contributed by atoms with van der Waals surface area (Å²) < 4.78 is 34.4. The molecular weight excluding hydrogens is 487 g/mol. The van der Waals surface area contributed by atoms with Gasteiger partial charge in [-0.2, -0.15) is 0 Å². The third-order valence-electron chi connectivity index (χ3n) is 5.22. The predicted octanol–water partition coefficient (Wildman–Crippen LogP) is 6.66. The van der Waals surface area contributed by atoms with Gasteiger partial charge in [0, 0.05) is 26.9 Å². The zero-order chi connectivity index (χ0) is 22.6. The molecule has 0 radical (unpaired) electrons. The molecule has 1 N–H and O–H groups in total. The third-order valence-corrected chi connectivity index (χ3v) is 8.23. The van der Waals surface area contributed by atoms with Crippen molar-refractivity contribution >= 4 is 50.8 Å². The Labute approximate surface area is 202 Å². The number of anilines is 1. The van der Waals surface area contributed by atoms with E-state index in [9.17, 15) is 8.42 Å². The molecule has 0 atom stereocenters. The van der Waals surface area contributed by atoms with E-state index in [4.69, 9.17) is 27.9 Å². The molecule has 1 saturated carbocycles. The van der Waals surface area contributed by atoms with E-state index < -0.39 is 10.0 Å². The molecule has 1 aliphatic rings. The first-order valence-corrected chi connectivity index (χ1v) is 13.4. The fraction of sp³-hybridized carbons (Fsp3) is 0.261. The highest BCUT2D eigenvalue weighted by Gasteiger charge is 2.23. The summed E-state index contributed by atoms with van der Waals surface area (Å²) in [6.07, 6.45) is 5.04. The van der Waals surface area contributed by atoms with Crippen LogP contribution in [0.25, 0.3) is 0 Å². The highest BCUT2D eigenvalue weighted by atomic mass is 35.5. The Balaban J connectivity index is 1.44. The van der Waals surface area contributed by atoms with Crippen LogP contribution in [0, 0.1) is 5.92 Å². The van der Waals surface area contributed by atoms with Gasteiger partial charge in [0.05, 0.1) is 6.61 Å². The fourth-order valence-electron chi connectivity index (χ4n) is 3.17. The van der Waals surface area contributed by atoms with E-state index in [1.807, 2.05) is 30.3 Å². The number of hydrogen-bond donors (Lipinski definition) is 1. The molecular formula is C23H22Cl2N2O3S2. The molecule has 2 aromatic carbocycles. The smallest absolute Gasteiger partial charge is 0.266 e. The lowest BCUT2D eigenvalue weighted by Crippen LogP contribution is -2.21. The number of nitrogens with zero attached hydrogens (tertiary/aromatic N) is 1. The van der Waals surface area contributed by atoms with Crippen molar-refractivity contribution in [1.29, 1.82) is 0 Å². The SMILES string of the molecule is O=S(=O)(Nc1ccc(SCc2ccccc2Cl)cn1)c1cc(Cl)ccc1OCC1CCC1. The minimum Gasteiger partial charge on any atom is -0.492 e. The molecule has 1 aliphatic carbocycles. The first-order valence-electron chi connectivity index (χ1n) is 10.2. The van der Waals surface area contributed by atoms with Crippen LogP contribution < -0.4 is 9.46 Å². The number of benzene rings is 2. The molecule has 0 spiro atoms. The van der Waals surface area contributed by atoms with Crippen molar-refractivity contribution in [2.75, 3.05) is 11.3 Å². The van der Waals surface area contributed by atoms with E-state index in [1.54, 1.807) is 36.2 Å². The maximum atomic E-state index is 13.0. The largest absolute Gasteiger partial charge is 0.492 e. The quantitative estimate of drug-likeness (QED) is 0.327.